The lowest BCUT2D eigenvalue weighted by atomic mass is 10.2. The zero-order chi connectivity index (χ0) is 14.6. The Hall–Kier alpha value is -1.40. The highest BCUT2D eigenvalue weighted by atomic mass is 35.5. The van der Waals surface area contributed by atoms with E-state index >= 15 is 0 Å². The van der Waals surface area contributed by atoms with E-state index in [9.17, 15) is 9.59 Å². The van der Waals surface area contributed by atoms with E-state index in [1.807, 2.05) is 0 Å². The maximum absolute atomic E-state index is 12.3. The van der Waals surface area contributed by atoms with Crippen LogP contribution in [0.25, 0.3) is 0 Å². The normalized spacial score (nSPS) is 10.6. The number of carbonyl (C=O) groups excluding carboxylic acids is 1. The standard InChI is InChI=1S/C11H13Cl2N3O3/c1-6(2)16(4-3-9(17)18)11(19)7-5-8(12)14-15-10(7)13/h5-6H,3-4H2,1-2H3,(H,17,18). The van der Waals surface area contributed by atoms with Crippen molar-refractivity contribution in [2.24, 2.45) is 0 Å². The minimum absolute atomic E-state index is 0.0506. The summed E-state index contributed by atoms with van der Waals surface area (Å²) in [5.74, 6) is -1.39. The van der Waals surface area contributed by atoms with Crippen LogP contribution >= 0.6 is 23.2 Å². The molecule has 1 heterocycles. The third kappa shape index (κ3) is 4.33. The molecule has 104 valence electrons. The van der Waals surface area contributed by atoms with Crippen molar-refractivity contribution in [3.05, 3.63) is 21.9 Å². The number of nitrogens with zero attached hydrogens (tertiary/aromatic N) is 3. The SMILES string of the molecule is CC(C)N(CCC(=O)O)C(=O)c1cc(Cl)nnc1Cl. The molecule has 0 fully saturated rings. The van der Waals surface area contributed by atoms with Crippen molar-refractivity contribution in [2.45, 2.75) is 26.3 Å². The van der Waals surface area contributed by atoms with E-state index in [1.165, 1.54) is 11.0 Å². The summed E-state index contributed by atoms with van der Waals surface area (Å²) in [7, 11) is 0. The van der Waals surface area contributed by atoms with Crippen LogP contribution in [-0.2, 0) is 4.79 Å². The molecule has 0 bridgehead atoms. The van der Waals surface area contributed by atoms with Gasteiger partial charge in [-0.2, -0.15) is 0 Å². The van der Waals surface area contributed by atoms with Gasteiger partial charge in [-0.15, -0.1) is 10.2 Å². The van der Waals surface area contributed by atoms with Crippen molar-refractivity contribution in [1.29, 1.82) is 0 Å². The molecular formula is C11H13Cl2N3O3. The largest absolute Gasteiger partial charge is 0.481 e. The molecule has 1 aromatic heterocycles. The second kappa shape index (κ2) is 6.68. The summed E-state index contributed by atoms with van der Waals surface area (Å²) in [6, 6.07) is 1.14. The fourth-order valence-corrected chi connectivity index (χ4v) is 1.79. The first-order valence-electron chi connectivity index (χ1n) is 5.54. The summed E-state index contributed by atoms with van der Waals surface area (Å²) in [5.41, 5.74) is 0.112. The first-order valence-corrected chi connectivity index (χ1v) is 6.30. The molecule has 0 unspecified atom stereocenters. The average molecular weight is 306 g/mol. The number of hydrogen-bond acceptors (Lipinski definition) is 4. The van der Waals surface area contributed by atoms with Crippen LogP contribution < -0.4 is 0 Å². The molecule has 0 aromatic carbocycles. The van der Waals surface area contributed by atoms with E-state index in [0.717, 1.165) is 0 Å². The van der Waals surface area contributed by atoms with Crippen LogP contribution in [0.15, 0.2) is 6.07 Å². The molecule has 0 saturated heterocycles. The number of aliphatic carboxylic acids is 1. The summed E-state index contributed by atoms with van der Waals surface area (Å²) >= 11 is 11.5. The summed E-state index contributed by atoms with van der Waals surface area (Å²) < 4.78 is 0. The zero-order valence-corrected chi connectivity index (χ0v) is 11.9. The average Bonchev–Trinajstić information content (AvgIpc) is 2.31. The van der Waals surface area contributed by atoms with Crippen LogP contribution in [-0.4, -0.2) is 44.7 Å². The first kappa shape index (κ1) is 15.7. The second-order valence-corrected chi connectivity index (χ2v) is 4.85. The number of halogens is 2. The third-order valence-corrected chi connectivity index (χ3v) is 2.86. The summed E-state index contributed by atoms with van der Waals surface area (Å²) in [4.78, 5) is 24.3. The highest BCUT2D eigenvalue weighted by molar-refractivity contribution is 6.34. The fourth-order valence-electron chi connectivity index (χ4n) is 1.47. The minimum Gasteiger partial charge on any atom is -0.481 e. The monoisotopic (exact) mass is 305 g/mol. The van der Waals surface area contributed by atoms with Crippen molar-refractivity contribution in [1.82, 2.24) is 15.1 Å². The maximum Gasteiger partial charge on any atom is 0.305 e. The van der Waals surface area contributed by atoms with Crippen molar-refractivity contribution in [3.8, 4) is 0 Å². The van der Waals surface area contributed by atoms with Crippen LogP contribution in [0, 0.1) is 0 Å². The molecule has 8 heteroatoms. The maximum atomic E-state index is 12.3. The highest BCUT2D eigenvalue weighted by Gasteiger charge is 2.23. The molecule has 1 N–H and O–H groups in total. The smallest absolute Gasteiger partial charge is 0.305 e. The number of carbonyl (C=O) groups is 2. The Bertz CT molecular complexity index is 494. The Balaban J connectivity index is 2.99. The molecule has 0 aliphatic heterocycles. The lowest BCUT2D eigenvalue weighted by molar-refractivity contribution is -0.137. The van der Waals surface area contributed by atoms with Gasteiger partial charge in [0.25, 0.3) is 5.91 Å². The number of hydrogen-bond donors (Lipinski definition) is 1. The van der Waals surface area contributed by atoms with Gasteiger partial charge in [-0.1, -0.05) is 23.2 Å². The molecule has 0 aliphatic rings. The molecule has 1 amide bonds. The van der Waals surface area contributed by atoms with Gasteiger partial charge in [0, 0.05) is 12.6 Å². The van der Waals surface area contributed by atoms with Crippen LogP contribution in [0.3, 0.4) is 0 Å². The van der Waals surface area contributed by atoms with E-state index in [0.29, 0.717) is 0 Å². The third-order valence-electron chi connectivity index (χ3n) is 2.40. The Morgan fingerprint density at radius 3 is 2.53 bits per heavy atom. The van der Waals surface area contributed by atoms with Crippen molar-refractivity contribution < 1.29 is 14.7 Å². The number of amides is 1. The number of carboxylic acids is 1. The second-order valence-electron chi connectivity index (χ2n) is 4.11. The molecule has 0 radical (unpaired) electrons. The molecule has 6 nitrogen and oxygen atoms in total. The predicted octanol–water partition coefficient (Wildman–Crippen LogP) is 2.11. The fraction of sp³-hybridized carbons (Fsp3) is 0.455. The Morgan fingerprint density at radius 2 is 2.00 bits per heavy atom. The molecule has 0 atom stereocenters. The van der Waals surface area contributed by atoms with Crippen LogP contribution in [0.2, 0.25) is 10.3 Å². The van der Waals surface area contributed by atoms with Crippen LogP contribution in [0.1, 0.15) is 30.6 Å². The van der Waals surface area contributed by atoms with E-state index in [1.54, 1.807) is 13.8 Å². The number of carboxylic acid groups (broad SMARTS) is 1. The lowest BCUT2D eigenvalue weighted by Crippen LogP contribution is -2.38. The van der Waals surface area contributed by atoms with Gasteiger partial charge in [0.15, 0.2) is 10.3 Å². The van der Waals surface area contributed by atoms with Gasteiger partial charge in [0.1, 0.15) is 0 Å². The Kier molecular flexibility index (Phi) is 5.50. The van der Waals surface area contributed by atoms with E-state index in [2.05, 4.69) is 10.2 Å². The van der Waals surface area contributed by atoms with Gasteiger partial charge < -0.3 is 10.0 Å². The van der Waals surface area contributed by atoms with E-state index in [4.69, 9.17) is 28.3 Å². The number of rotatable bonds is 5. The topological polar surface area (TPSA) is 83.4 Å². The highest BCUT2D eigenvalue weighted by Crippen LogP contribution is 2.18. The van der Waals surface area contributed by atoms with Gasteiger partial charge in [0.05, 0.1) is 12.0 Å². The Morgan fingerprint density at radius 1 is 1.37 bits per heavy atom. The Labute approximate surface area is 120 Å². The van der Waals surface area contributed by atoms with Gasteiger partial charge >= 0.3 is 5.97 Å². The molecule has 0 spiro atoms. The predicted molar refractivity (Wildman–Crippen MR) is 70.5 cm³/mol. The van der Waals surface area contributed by atoms with Gasteiger partial charge in [0.2, 0.25) is 0 Å². The first-order chi connectivity index (χ1) is 8.82. The molecule has 19 heavy (non-hydrogen) atoms. The molecule has 0 saturated carbocycles. The van der Waals surface area contributed by atoms with E-state index in [-0.39, 0.29) is 34.9 Å². The summed E-state index contributed by atoms with van der Waals surface area (Å²) in [6.07, 6.45) is -0.145. The zero-order valence-electron chi connectivity index (χ0n) is 10.4. The van der Waals surface area contributed by atoms with Gasteiger partial charge in [-0.3, -0.25) is 9.59 Å². The molecule has 1 rings (SSSR count). The number of aromatic nitrogens is 2. The van der Waals surface area contributed by atoms with Crippen LogP contribution in [0.4, 0.5) is 0 Å². The van der Waals surface area contributed by atoms with Crippen molar-refractivity contribution in [3.63, 3.8) is 0 Å². The van der Waals surface area contributed by atoms with Crippen LogP contribution in [0.5, 0.6) is 0 Å². The molecule has 1 aromatic rings. The molecular weight excluding hydrogens is 293 g/mol. The van der Waals surface area contributed by atoms with Gasteiger partial charge in [-0.05, 0) is 19.9 Å². The summed E-state index contributed by atoms with van der Waals surface area (Å²) in [6.45, 7) is 3.65. The quantitative estimate of drug-likeness (QED) is 0.900. The lowest BCUT2D eigenvalue weighted by Gasteiger charge is -2.26. The van der Waals surface area contributed by atoms with E-state index < -0.39 is 11.9 Å². The van der Waals surface area contributed by atoms with Gasteiger partial charge in [-0.25, -0.2) is 0 Å². The molecule has 0 aliphatic carbocycles. The van der Waals surface area contributed by atoms with Crippen molar-refractivity contribution in [2.75, 3.05) is 6.54 Å². The van der Waals surface area contributed by atoms with Crippen molar-refractivity contribution >= 4 is 35.1 Å². The summed E-state index contributed by atoms with van der Waals surface area (Å²) in [5, 5.41) is 15.8. The minimum atomic E-state index is -0.976.